The molecule has 1 heterocycles. The van der Waals surface area contributed by atoms with Gasteiger partial charge in [-0.05, 0) is 30.2 Å². The predicted octanol–water partition coefficient (Wildman–Crippen LogP) is 2.48. The average molecular weight is 302 g/mol. The molecule has 2 N–H and O–H groups in total. The van der Waals surface area contributed by atoms with Crippen LogP contribution < -0.4 is 5.32 Å². The minimum Gasteiger partial charge on any atom is -0.478 e. The van der Waals surface area contributed by atoms with Crippen LogP contribution in [0.1, 0.15) is 27.2 Å². The highest BCUT2D eigenvalue weighted by Gasteiger charge is 2.10. The lowest BCUT2D eigenvalue weighted by Crippen LogP contribution is -2.23. The number of carbonyl (C=O) groups excluding carboxylic acids is 1. The second-order valence-electron chi connectivity index (χ2n) is 4.35. The number of benzene rings is 1. The molecule has 108 valence electrons. The lowest BCUT2D eigenvalue weighted by Gasteiger charge is -2.09. The van der Waals surface area contributed by atoms with E-state index in [1.165, 1.54) is 17.4 Å². The third-order valence-corrected chi connectivity index (χ3v) is 3.57. The monoisotopic (exact) mass is 302 g/mol. The van der Waals surface area contributed by atoms with Crippen molar-refractivity contribution < 1.29 is 14.7 Å². The number of aliphatic carboxylic acids is 1. The molecular formula is C15H14N2O3S. The van der Waals surface area contributed by atoms with Crippen LogP contribution in [0.3, 0.4) is 0 Å². The van der Waals surface area contributed by atoms with E-state index in [4.69, 9.17) is 5.11 Å². The molecule has 0 saturated carbocycles. The Bertz CT molecular complexity index is 678. The molecule has 0 aliphatic heterocycles. The maximum atomic E-state index is 12.2. The zero-order chi connectivity index (χ0) is 15.2. The van der Waals surface area contributed by atoms with Crippen molar-refractivity contribution in [2.45, 2.75) is 13.5 Å². The van der Waals surface area contributed by atoms with Crippen LogP contribution in [0.15, 0.2) is 35.2 Å². The van der Waals surface area contributed by atoms with E-state index in [-0.39, 0.29) is 5.91 Å². The maximum absolute atomic E-state index is 12.2. The Labute approximate surface area is 126 Å². The highest BCUT2D eigenvalue weighted by Crippen LogP contribution is 2.15. The van der Waals surface area contributed by atoms with Crippen molar-refractivity contribution in [3.05, 3.63) is 57.6 Å². The molecule has 2 aromatic rings. The van der Waals surface area contributed by atoms with E-state index in [0.29, 0.717) is 17.7 Å². The lowest BCUT2D eigenvalue weighted by atomic mass is 10.0. The molecule has 0 aliphatic carbocycles. The highest BCUT2D eigenvalue weighted by molar-refractivity contribution is 7.07. The number of rotatable bonds is 5. The number of carboxylic acid groups (broad SMARTS) is 1. The molecule has 0 aliphatic rings. The first-order chi connectivity index (χ1) is 10.1. The summed E-state index contributed by atoms with van der Waals surface area (Å²) in [5, 5.41) is 13.3. The SMILES string of the molecule is Cc1c(C=CC(=O)O)cccc1C(=O)NCc1cscn1. The van der Waals surface area contributed by atoms with E-state index in [9.17, 15) is 9.59 Å². The quantitative estimate of drug-likeness (QED) is 0.832. The van der Waals surface area contributed by atoms with Gasteiger partial charge in [-0.1, -0.05) is 12.1 Å². The first-order valence-corrected chi connectivity index (χ1v) is 7.18. The summed E-state index contributed by atoms with van der Waals surface area (Å²) in [7, 11) is 0. The van der Waals surface area contributed by atoms with Gasteiger partial charge in [-0.25, -0.2) is 9.78 Å². The number of hydrogen-bond donors (Lipinski definition) is 2. The molecule has 1 aromatic carbocycles. The summed E-state index contributed by atoms with van der Waals surface area (Å²) in [6, 6.07) is 5.21. The molecule has 0 bridgehead atoms. The molecule has 6 heteroatoms. The van der Waals surface area contributed by atoms with E-state index in [2.05, 4.69) is 10.3 Å². The van der Waals surface area contributed by atoms with Crippen molar-refractivity contribution >= 4 is 29.3 Å². The van der Waals surface area contributed by atoms with E-state index >= 15 is 0 Å². The van der Waals surface area contributed by atoms with Gasteiger partial charge in [0.1, 0.15) is 0 Å². The first-order valence-electron chi connectivity index (χ1n) is 6.24. The number of thiazole rings is 1. The van der Waals surface area contributed by atoms with Crippen LogP contribution in [-0.2, 0) is 11.3 Å². The minimum absolute atomic E-state index is 0.203. The summed E-state index contributed by atoms with van der Waals surface area (Å²) in [6.45, 7) is 2.16. The van der Waals surface area contributed by atoms with Gasteiger partial charge in [-0.15, -0.1) is 11.3 Å². The van der Waals surface area contributed by atoms with Gasteiger partial charge in [0, 0.05) is 17.0 Å². The van der Waals surface area contributed by atoms with E-state index in [1.54, 1.807) is 30.6 Å². The molecule has 0 radical (unpaired) electrons. The Morgan fingerprint density at radius 3 is 2.90 bits per heavy atom. The van der Waals surface area contributed by atoms with Crippen LogP contribution in [0.25, 0.3) is 6.08 Å². The molecule has 1 amide bonds. The molecule has 21 heavy (non-hydrogen) atoms. The number of carbonyl (C=O) groups is 2. The normalized spacial score (nSPS) is 10.7. The van der Waals surface area contributed by atoms with Gasteiger partial charge in [0.25, 0.3) is 5.91 Å². The molecule has 0 saturated heterocycles. The number of nitrogens with zero attached hydrogens (tertiary/aromatic N) is 1. The first kappa shape index (κ1) is 14.9. The standard InChI is InChI=1S/C15H14N2O3S/c1-10-11(5-6-14(18)19)3-2-4-13(10)15(20)16-7-12-8-21-9-17-12/h2-6,8-9H,7H2,1H3,(H,16,20)(H,18,19). The third-order valence-electron chi connectivity index (χ3n) is 2.94. The third kappa shape index (κ3) is 4.00. The largest absolute Gasteiger partial charge is 0.478 e. The lowest BCUT2D eigenvalue weighted by molar-refractivity contribution is -0.131. The summed E-state index contributed by atoms with van der Waals surface area (Å²) < 4.78 is 0. The van der Waals surface area contributed by atoms with Crippen molar-refractivity contribution in [1.29, 1.82) is 0 Å². The molecular weight excluding hydrogens is 288 g/mol. The average Bonchev–Trinajstić information content (AvgIpc) is 2.97. The minimum atomic E-state index is -1.02. The molecule has 1 aromatic heterocycles. The van der Waals surface area contributed by atoms with E-state index in [1.807, 2.05) is 5.38 Å². The summed E-state index contributed by atoms with van der Waals surface area (Å²) >= 11 is 1.47. The van der Waals surface area contributed by atoms with Gasteiger partial charge in [0.15, 0.2) is 0 Å². The van der Waals surface area contributed by atoms with Crippen molar-refractivity contribution in [2.75, 3.05) is 0 Å². The number of aromatic nitrogens is 1. The second kappa shape index (κ2) is 6.81. The fraction of sp³-hybridized carbons (Fsp3) is 0.133. The Kier molecular flexibility index (Phi) is 4.84. The summed E-state index contributed by atoms with van der Waals surface area (Å²) in [5.41, 5.74) is 4.50. The van der Waals surface area contributed by atoms with Crippen LogP contribution in [0.2, 0.25) is 0 Å². The maximum Gasteiger partial charge on any atom is 0.328 e. The molecule has 0 fully saturated rings. The van der Waals surface area contributed by atoms with Gasteiger partial charge >= 0.3 is 5.97 Å². The Morgan fingerprint density at radius 1 is 1.43 bits per heavy atom. The van der Waals surface area contributed by atoms with Gasteiger partial charge in [-0.2, -0.15) is 0 Å². The molecule has 5 nitrogen and oxygen atoms in total. The number of nitrogens with one attached hydrogen (secondary N) is 1. The van der Waals surface area contributed by atoms with Gasteiger partial charge < -0.3 is 10.4 Å². The fourth-order valence-corrected chi connectivity index (χ4v) is 2.39. The topological polar surface area (TPSA) is 79.3 Å². The van der Waals surface area contributed by atoms with E-state index < -0.39 is 5.97 Å². The summed E-state index contributed by atoms with van der Waals surface area (Å²) in [4.78, 5) is 26.8. The smallest absolute Gasteiger partial charge is 0.328 e. The van der Waals surface area contributed by atoms with Gasteiger partial charge in [0.05, 0.1) is 17.7 Å². The van der Waals surface area contributed by atoms with Crippen molar-refractivity contribution in [1.82, 2.24) is 10.3 Å². The van der Waals surface area contributed by atoms with Crippen LogP contribution in [-0.4, -0.2) is 22.0 Å². The Hall–Kier alpha value is -2.47. The van der Waals surface area contributed by atoms with Crippen LogP contribution in [0, 0.1) is 6.92 Å². The Balaban J connectivity index is 2.13. The molecule has 0 unspecified atom stereocenters. The zero-order valence-corrected chi connectivity index (χ0v) is 12.2. The second-order valence-corrected chi connectivity index (χ2v) is 5.07. The summed E-state index contributed by atoms with van der Waals surface area (Å²) in [6.07, 6.45) is 2.54. The van der Waals surface area contributed by atoms with Gasteiger partial charge in [0.2, 0.25) is 0 Å². The number of carboxylic acids is 1. The van der Waals surface area contributed by atoms with Crippen LogP contribution >= 0.6 is 11.3 Å². The van der Waals surface area contributed by atoms with E-state index in [0.717, 1.165) is 17.3 Å². The zero-order valence-electron chi connectivity index (χ0n) is 11.4. The molecule has 0 spiro atoms. The fourth-order valence-electron chi connectivity index (χ4n) is 1.83. The van der Waals surface area contributed by atoms with Crippen molar-refractivity contribution in [2.24, 2.45) is 0 Å². The van der Waals surface area contributed by atoms with Gasteiger partial charge in [-0.3, -0.25) is 4.79 Å². The van der Waals surface area contributed by atoms with Crippen LogP contribution in [0.4, 0.5) is 0 Å². The van der Waals surface area contributed by atoms with Crippen LogP contribution in [0.5, 0.6) is 0 Å². The molecule has 2 rings (SSSR count). The summed E-state index contributed by atoms with van der Waals surface area (Å²) in [5.74, 6) is -1.22. The molecule has 0 atom stereocenters. The van der Waals surface area contributed by atoms with Crippen molar-refractivity contribution in [3.63, 3.8) is 0 Å². The number of hydrogen-bond acceptors (Lipinski definition) is 4. The number of amides is 1. The van der Waals surface area contributed by atoms with Crippen molar-refractivity contribution in [3.8, 4) is 0 Å². The predicted molar refractivity (Wildman–Crippen MR) is 81.1 cm³/mol. The Morgan fingerprint density at radius 2 is 2.24 bits per heavy atom. The highest BCUT2D eigenvalue weighted by atomic mass is 32.1.